The van der Waals surface area contributed by atoms with Crippen molar-refractivity contribution in [2.24, 2.45) is 0 Å². The molecule has 1 unspecified atom stereocenters. The highest BCUT2D eigenvalue weighted by Crippen LogP contribution is 2.55. The van der Waals surface area contributed by atoms with Gasteiger partial charge in [0.25, 0.3) is 5.91 Å². The van der Waals surface area contributed by atoms with Gasteiger partial charge in [-0.3, -0.25) is 9.69 Å². The highest BCUT2D eigenvalue weighted by atomic mass is 35.5. The molecule has 4 rings (SSSR count). The largest absolute Gasteiger partial charge is 0.497 e. The summed E-state index contributed by atoms with van der Waals surface area (Å²) in [4.78, 5) is 29.2. The zero-order valence-corrected chi connectivity index (χ0v) is 18.7. The zero-order valence-electron chi connectivity index (χ0n) is 17.1. The van der Waals surface area contributed by atoms with E-state index in [-0.39, 0.29) is 18.0 Å². The van der Waals surface area contributed by atoms with E-state index in [4.69, 9.17) is 16.3 Å². The van der Waals surface area contributed by atoms with Gasteiger partial charge in [-0.2, -0.15) is 0 Å². The molecule has 1 spiro atoms. The third-order valence-corrected chi connectivity index (χ3v) is 6.94. The fraction of sp³-hybridized carbons (Fsp3) is 0.364. The maximum Gasteiger partial charge on any atom is 0.319 e. The van der Waals surface area contributed by atoms with Crippen molar-refractivity contribution in [3.63, 3.8) is 0 Å². The molecule has 1 fully saturated rings. The van der Waals surface area contributed by atoms with E-state index in [1.165, 1.54) is 11.8 Å². The molecule has 1 atom stereocenters. The molecule has 2 aliphatic heterocycles. The molecule has 0 aliphatic carbocycles. The Hall–Kier alpha value is -2.38. The Morgan fingerprint density at radius 1 is 1.30 bits per heavy atom. The lowest BCUT2D eigenvalue weighted by atomic mass is 10.1. The van der Waals surface area contributed by atoms with Crippen molar-refractivity contribution >= 4 is 41.0 Å². The lowest BCUT2D eigenvalue weighted by molar-refractivity contribution is -0.123. The standard InChI is InChI=1S/C22H24ClN3O3S/c1-14(2)24-21(28)26-9-10-30-22(26)18-12-16(23)7-8-19(18)25(20(22)27)13-15-5-4-6-17(11-15)29-3/h4-8,11-12,14H,9-10,13H2,1-3H3,(H,24,28). The summed E-state index contributed by atoms with van der Waals surface area (Å²) in [5.41, 5.74) is 2.50. The monoisotopic (exact) mass is 445 g/mol. The number of anilines is 1. The number of thioether (sulfide) groups is 1. The van der Waals surface area contributed by atoms with Crippen LogP contribution in [0.4, 0.5) is 10.5 Å². The van der Waals surface area contributed by atoms with Crippen LogP contribution < -0.4 is 15.0 Å². The molecule has 8 heteroatoms. The predicted octanol–water partition coefficient (Wildman–Crippen LogP) is 4.22. The van der Waals surface area contributed by atoms with Gasteiger partial charge in [0.1, 0.15) is 5.75 Å². The number of amides is 3. The van der Waals surface area contributed by atoms with Gasteiger partial charge in [-0.05, 0) is 49.7 Å². The maximum atomic E-state index is 13.9. The predicted molar refractivity (Wildman–Crippen MR) is 120 cm³/mol. The highest BCUT2D eigenvalue weighted by molar-refractivity contribution is 8.01. The smallest absolute Gasteiger partial charge is 0.319 e. The number of benzene rings is 2. The molecule has 0 aromatic heterocycles. The molecule has 158 valence electrons. The Balaban J connectivity index is 1.77. The average molecular weight is 446 g/mol. The van der Waals surface area contributed by atoms with Crippen molar-refractivity contribution in [2.45, 2.75) is 31.3 Å². The molecule has 1 N–H and O–H groups in total. The first-order chi connectivity index (χ1) is 14.4. The second-order valence-corrected chi connectivity index (χ2v) is 9.38. The van der Waals surface area contributed by atoms with E-state index in [0.29, 0.717) is 23.9 Å². The van der Waals surface area contributed by atoms with E-state index in [9.17, 15) is 9.59 Å². The molecule has 0 radical (unpaired) electrons. The second kappa shape index (κ2) is 8.04. The summed E-state index contributed by atoms with van der Waals surface area (Å²) in [6.45, 7) is 4.69. The van der Waals surface area contributed by atoms with Crippen molar-refractivity contribution in [2.75, 3.05) is 24.3 Å². The number of urea groups is 1. The number of hydrogen-bond acceptors (Lipinski definition) is 4. The topological polar surface area (TPSA) is 61.9 Å². The van der Waals surface area contributed by atoms with Crippen LogP contribution in [0.25, 0.3) is 0 Å². The number of carbonyl (C=O) groups is 2. The van der Waals surface area contributed by atoms with E-state index >= 15 is 0 Å². The van der Waals surface area contributed by atoms with Crippen molar-refractivity contribution in [3.05, 3.63) is 58.6 Å². The van der Waals surface area contributed by atoms with E-state index in [2.05, 4.69) is 5.32 Å². The number of ether oxygens (including phenoxy) is 1. The Bertz CT molecular complexity index is 999. The summed E-state index contributed by atoms with van der Waals surface area (Å²) in [5.74, 6) is 1.29. The van der Waals surface area contributed by atoms with Gasteiger partial charge in [-0.15, -0.1) is 11.8 Å². The molecular weight excluding hydrogens is 422 g/mol. The summed E-state index contributed by atoms with van der Waals surface area (Å²) < 4.78 is 5.32. The summed E-state index contributed by atoms with van der Waals surface area (Å²) in [7, 11) is 1.62. The third-order valence-electron chi connectivity index (χ3n) is 5.29. The quantitative estimate of drug-likeness (QED) is 0.765. The van der Waals surface area contributed by atoms with Crippen molar-refractivity contribution in [3.8, 4) is 5.75 Å². The summed E-state index contributed by atoms with van der Waals surface area (Å²) in [6.07, 6.45) is 0. The van der Waals surface area contributed by atoms with Gasteiger partial charge in [0, 0.05) is 28.9 Å². The maximum absolute atomic E-state index is 13.9. The lowest BCUT2D eigenvalue weighted by Crippen LogP contribution is -2.54. The van der Waals surface area contributed by atoms with Crippen LogP contribution >= 0.6 is 23.4 Å². The lowest BCUT2D eigenvalue weighted by Gasteiger charge is -2.33. The highest BCUT2D eigenvalue weighted by Gasteiger charge is 2.59. The van der Waals surface area contributed by atoms with E-state index in [1.807, 2.05) is 50.2 Å². The average Bonchev–Trinajstić information content (AvgIpc) is 3.25. The van der Waals surface area contributed by atoms with Crippen LogP contribution in [0.3, 0.4) is 0 Å². The van der Waals surface area contributed by atoms with Crippen LogP contribution in [0.15, 0.2) is 42.5 Å². The normalized spacial score (nSPS) is 20.2. The Morgan fingerprint density at radius 3 is 2.83 bits per heavy atom. The first-order valence-corrected chi connectivity index (χ1v) is 11.2. The van der Waals surface area contributed by atoms with Gasteiger partial charge in [-0.1, -0.05) is 23.7 Å². The fourth-order valence-electron chi connectivity index (χ4n) is 4.02. The van der Waals surface area contributed by atoms with E-state index < -0.39 is 4.87 Å². The van der Waals surface area contributed by atoms with Gasteiger partial charge in [0.2, 0.25) is 0 Å². The minimum absolute atomic E-state index is 0.0247. The minimum atomic E-state index is -1.10. The summed E-state index contributed by atoms with van der Waals surface area (Å²) >= 11 is 7.80. The summed E-state index contributed by atoms with van der Waals surface area (Å²) in [5, 5.41) is 3.48. The van der Waals surface area contributed by atoms with Crippen molar-refractivity contribution in [1.29, 1.82) is 0 Å². The number of fused-ring (bicyclic) bond motifs is 2. The van der Waals surface area contributed by atoms with Crippen molar-refractivity contribution < 1.29 is 14.3 Å². The van der Waals surface area contributed by atoms with Crippen LogP contribution in [0.2, 0.25) is 5.02 Å². The molecule has 3 amide bonds. The number of nitrogens with zero attached hydrogens (tertiary/aromatic N) is 2. The number of halogens is 1. The Morgan fingerprint density at radius 2 is 2.10 bits per heavy atom. The fourth-order valence-corrected chi connectivity index (χ4v) is 5.65. The molecule has 1 saturated heterocycles. The number of carbonyl (C=O) groups excluding carboxylic acids is 2. The van der Waals surface area contributed by atoms with Gasteiger partial charge in [-0.25, -0.2) is 4.79 Å². The number of methoxy groups -OCH3 is 1. The van der Waals surface area contributed by atoms with Crippen LogP contribution in [0.5, 0.6) is 5.75 Å². The van der Waals surface area contributed by atoms with Crippen LogP contribution in [0, 0.1) is 0 Å². The first kappa shape index (κ1) is 20.9. The molecule has 2 heterocycles. The second-order valence-electron chi connectivity index (χ2n) is 7.65. The molecule has 2 aliphatic rings. The first-order valence-electron chi connectivity index (χ1n) is 9.84. The van der Waals surface area contributed by atoms with Crippen LogP contribution in [-0.2, 0) is 16.2 Å². The molecule has 0 bridgehead atoms. The molecule has 2 aromatic rings. The van der Waals surface area contributed by atoms with Gasteiger partial charge >= 0.3 is 6.03 Å². The molecule has 30 heavy (non-hydrogen) atoms. The van der Waals surface area contributed by atoms with Crippen molar-refractivity contribution in [1.82, 2.24) is 10.2 Å². The molecule has 0 saturated carbocycles. The van der Waals surface area contributed by atoms with Gasteiger partial charge < -0.3 is 15.0 Å². The van der Waals surface area contributed by atoms with Crippen LogP contribution in [0.1, 0.15) is 25.0 Å². The minimum Gasteiger partial charge on any atom is -0.497 e. The Labute approximate surface area is 185 Å². The number of rotatable bonds is 4. The number of hydrogen-bond donors (Lipinski definition) is 1. The van der Waals surface area contributed by atoms with E-state index in [1.54, 1.807) is 23.0 Å². The molecular formula is C22H24ClN3O3S. The zero-order chi connectivity index (χ0) is 21.5. The Kier molecular flexibility index (Phi) is 5.59. The summed E-state index contributed by atoms with van der Waals surface area (Å²) in [6, 6.07) is 12.8. The van der Waals surface area contributed by atoms with E-state index in [0.717, 1.165) is 22.6 Å². The number of nitrogens with one attached hydrogen (secondary N) is 1. The SMILES string of the molecule is COc1cccc(CN2C(=O)C3(SCCN3C(=O)NC(C)C)c3cc(Cl)ccc32)c1. The molecule has 2 aromatic carbocycles. The van der Waals surface area contributed by atoms with Crippen LogP contribution in [-0.4, -0.2) is 42.3 Å². The molecule has 6 nitrogen and oxygen atoms in total. The third kappa shape index (κ3) is 3.40. The van der Waals surface area contributed by atoms with Gasteiger partial charge in [0.15, 0.2) is 4.87 Å². The van der Waals surface area contributed by atoms with Gasteiger partial charge in [0.05, 0.1) is 19.3 Å².